The molecule has 0 N–H and O–H groups in total. The van der Waals surface area contributed by atoms with E-state index < -0.39 is 38.4 Å². The molecule has 0 spiro atoms. The number of nitrogens with zero attached hydrogens (tertiary/aromatic N) is 3. The van der Waals surface area contributed by atoms with Crippen LogP contribution in [-0.4, -0.2) is 61.5 Å². The van der Waals surface area contributed by atoms with Gasteiger partial charge in [-0.1, -0.05) is 18.2 Å². The van der Waals surface area contributed by atoms with Crippen molar-refractivity contribution in [3.05, 3.63) is 95.1 Å². The number of amides is 3. The van der Waals surface area contributed by atoms with E-state index >= 15 is 0 Å². The molecule has 0 unspecified atom stereocenters. The number of anilines is 1. The number of rotatable bonds is 4. The van der Waals surface area contributed by atoms with Crippen molar-refractivity contribution in [3.63, 3.8) is 0 Å². The lowest BCUT2D eigenvalue weighted by Gasteiger charge is -2.34. The number of benzene rings is 3. The zero-order valence-electron chi connectivity index (χ0n) is 18.7. The minimum Gasteiger partial charge on any atom is -0.336 e. The predicted octanol–water partition coefficient (Wildman–Crippen LogP) is 2.91. The Balaban J connectivity index is 1.27. The first-order valence-corrected chi connectivity index (χ1v) is 12.5. The summed E-state index contributed by atoms with van der Waals surface area (Å²) in [6.45, 7) is -0.216. The lowest BCUT2D eigenvalue weighted by molar-refractivity contribution is 0.0697. The summed E-state index contributed by atoms with van der Waals surface area (Å²) in [6.07, 6.45) is 0. The highest BCUT2D eigenvalue weighted by Gasteiger charge is 2.37. The molecule has 3 amide bonds. The smallest absolute Gasteiger partial charge is 0.266 e. The molecule has 2 aliphatic rings. The molecule has 1 fully saturated rings. The Morgan fingerprint density at radius 1 is 0.722 bits per heavy atom. The molecule has 0 radical (unpaired) electrons. The lowest BCUT2D eigenvalue weighted by atomic mass is 10.1. The summed E-state index contributed by atoms with van der Waals surface area (Å²) in [7, 11) is -4.41. The van der Waals surface area contributed by atoms with Gasteiger partial charge in [-0.25, -0.2) is 22.1 Å². The standard InChI is InChI=1S/C25H19F2N3O5S/c26-20-6-3-7-21(27)22(20)36(34,35)29-14-12-28(13-15-29)23(31)16-8-10-17(11-9-16)30-24(32)18-4-1-2-5-19(18)25(30)33/h1-11H,12-15H2. The van der Waals surface area contributed by atoms with Crippen LogP contribution < -0.4 is 4.90 Å². The Morgan fingerprint density at radius 3 is 1.78 bits per heavy atom. The van der Waals surface area contributed by atoms with Crippen molar-refractivity contribution in [2.45, 2.75) is 4.90 Å². The zero-order chi connectivity index (χ0) is 25.6. The van der Waals surface area contributed by atoms with Gasteiger partial charge in [0.15, 0.2) is 4.90 Å². The van der Waals surface area contributed by atoms with Crippen molar-refractivity contribution in [3.8, 4) is 0 Å². The number of hydrogen-bond donors (Lipinski definition) is 0. The van der Waals surface area contributed by atoms with E-state index in [1.54, 1.807) is 24.3 Å². The number of carbonyl (C=O) groups is 3. The second-order valence-corrected chi connectivity index (χ2v) is 10.2. The Bertz CT molecular complexity index is 1450. The number of sulfonamides is 1. The summed E-state index contributed by atoms with van der Waals surface area (Å²) >= 11 is 0. The van der Waals surface area contributed by atoms with Gasteiger partial charge in [0.2, 0.25) is 10.0 Å². The molecular weight excluding hydrogens is 492 g/mol. The molecule has 0 saturated carbocycles. The molecule has 3 aromatic carbocycles. The van der Waals surface area contributed by atoms with Crippen molar-refractivity contribution in [1.82, 2.24) is 9.21 Å². The Hall–Kier alpha value is -3.96. The highest BCUT2D eigenvalue weighted by Crippen LogP contribution is 2.29. The van der Waals surface area contributed by atoms with Gasteiger partial charge in [-0.15, -0.1) is 0 Å². The number of carbonyl (C=O) groups excluding carboxylic acids is 3. The van der Waals surface area contributed by atoms with E-state index in [1.165, 1.54) is 29.2 Å². The molecule has 11 heteroatoms. The molecule has 0 aliphatic carbocycles. The maximum Gasteiger partial charge on any atom is 0.266 e. The van der Waals surface area contributed by atoms with Gasteiger partial charge in [-0.2, -0.15) is 4.31 Å². The summed E-state index contributed by atoms with van der Waals surface area (Å²) in [5, 5.41) is 0. The second-order valence-electron chi connectivity index (χ2n) is 8.29. The maximum absolute atomic E-state index is 14.0. The van der Waals surface area contributed by atoms with Gasteiger partial charge in [-0.05, 0) is 48.5 Å². The summed E-state index contributed by atoms with van der Waals surface area (Å²) in [4.78, 5) is 39.8. The summed E-state index contributed by atoms with van der Waals surface area (Å²) in [6, 6.07) is 15.3. The molecular formula is C25H19F2N3O5S. The number of imide groups is 1. The van der Waals surface area contributed by atoms with E-state index in [9.17, 15) is 31.6 Å². The molecule has 1 saturated heterocycles. The second kappa shape index (κ2) is 8.92. The molecule has 5 rings (SSSR count). The lowest BCUT2D eigenvalue weighted by Crippen LogP contribution is -2.50. The summed E-state index contributed by atoms with van der Waals surface area (Å²) < 4.78 is 54.5. The van der Waals surface area contributed by atoms with E-state index in [2.05, 4.69) is 0 Å². The van der Waals surface area contributed by atoms with Crippen LogP contribution in [0.2, 0.25) is 0 Å². The number of hydrogen-bond acceptors (Lipinski definition) is 5. The fourth-order valence-corrected chi connectivity index (χ4v) is 5.88. The molecule has 0 aromatic heterocycles. The third-order valence-electron chi connectivity index (χ3n) is 6.21. The summed E-state index contributed by atoms with van der Waals surface area (Å²) in [5.41, 5.74) is 1.23. The summed E-state index contributed by atoms with van der Waals surface area (Å²) in [5.74, 6) is -3.62. The highest BCUT2D eigenvalue weighted by molar-refractivity contribution is 7.89. The van der Waals surface area contributed by atoms with E-state index in [1.807, 2.05) is 0 Å². The van der Waals surface area contributed by atoms with Crippen LogP contribution >= 0.6 is 0 Å². The molecule has 0 atom stereocenters. The molecule has 36 heavy (non-hydrogen) atoms. The number of halogens is 2. The molecule has 184 valence electrons. The largest absolute Gasteiger partial charge is 0.336 e. The maximum atomic E-state index is 14.0. The fourth-order valence-electron chi connectivity index (χ4n) is 4.35. The Morgan fingerprint density at radius 2 is 1.25 bits per heavy atom. The van der Waals surface area contributed by atoms with Gasteiger partial charge < -0.3 is 4.90 Å². The average molecular weight is 512 g/mol. The van der Waals surface area contributed by atoms with Gasteiger partial charge in [0, 0.05) is 31.7 Å². The first-order chi connectivity index (χ1) is 17.2. The quantitative estimate of drug-likeness (QED) is 0.502. The van der Waals surface area contributed by atoms with Crippen LogP contribution in [0.25, 0.3) is 0 Å². The van der Waals surface area contributed by atoms with Crippen LogP contribution in [0.3, 0.4) is 0 Å². The van der Waals surface area contributed by atoms with E-state index in [4.69, 9.17) is 0 Å². The van der Waals surface area contributed by atoms with Gasteiger partial charge in [-0.3, -0.25) is 14.4 Å². The number of piperazine rings is 1. The molecule has 2 aliphatic heterocycles. The average Bonchev–Trinajstić information content (AvgIpc) is 3.13. The van der Waals surface area contributed by atoms with Gasteiger partial charge in [0.25, 0.3) is 17.7 Å². The molecule has 0 bridgehead atoms. The first kappa shape index (κ1) is 23.8. The number of fused-ring (bicyclic) bond motifs is 1. The first-order valence-electron chi connectivity index (χ1n) is 11.0. The van der Waals surface area contributed by atoms with E-state index in [0.29, 0.717) is 16.8 Å². The van der Waals surface area contributed by atoms with E-state index in [0.717, 1.165) is 27.4 Å². The van der Waals surface area contributed by atoms with Crippen LogP contribution in [-0.2, 0) is 10.0 Å². The van der Waals surface area contributed by atoms with Crippen LogP contribution in [0.1, 0.15) is 31.1 Å². The minimum absolute atomic E-state index is 0.0221. The van der Waals surface area contributed by atoms with Gasteiger partial charge in [0.1, 0.15) is 11.6 Å². The van der Waals surface area contributed by atoms with Crippen molar-refractivity contribution >= 4 is 33.4 Å². The van der Waals surface area contributed by atoms with Crippen molar-refractivity contribution in [2.24, 2.45) is 0 Å². The zero-order valence-corrected chi connectivity index (χ0v) is 19.5. The van der Waals surface area contributed by atoms with Crippen molar-refractivity contribution in [1.29, 1.82) is 0 Å². The third kappa shape index (κ3) is 3.86. The predicted molar refractivity (Wildman–Crippen MR) is 125 cm³/mol. The topological polar surface area (TPSA) is 95.1 Å². The van der Waals surface area contributed by atoms with Crippen molar-refractivity contribution in [2.75, 3.05) is 31.1 Å². The Kier molecular flexibility index (Phi) is 5.89. The van der Waals surface area contributed by atoms with Crippen LogP contribution in [0.15, 0.2) is 71.6 Å². The van der Waals surface area contributed by atoms with Crippen molar-refractivity contribution < 1.29 is 31.6 Å². The highest BCUT2D eigenvalue weighted by atomic mass is 32.2. The normalized spacial score (nSPS) is 16.4. The van der Waals surface area contributed by atoms with Crippen LogP contribution in [0, 0.1) is 11.6 Å². The van der Waals surface area contributed by atoms with Gasteiger partial charge >= 0.3 is 0 Å². The monoisotopic (exact) mass is 511 g/mol. The van der Waals surface area contributed by atoms with Crippen LogP contribution in [0.5, 0.6) is 0 Å². The molecule has 3 aromatic rings. The van der Waals surface area contributed by atoms with Gasteiger partial charge in [0.05, 0.1) is 16.8 Å². The molecule has 2 heterocycles. The third-order valence-corrected chi connectivity index (χ3v) is 8.16. The molecule has 8 nitrogen and oxygen atoms in total. The fraction of sp³-hybridized carbons (Fsp3) is 0.160. The SMILES string of the molecule is O=C(c1ccc(N2C(=O)c3ccccc3C2=O)cc1)N1CCN(S(=O)(=O)c2c(F)cccc2F)CC1. The van der Waals surface area contributed by atoms with Crippen LogP contribution in [0.4, 0.5) is 14.5 Å². The van der Waals surface area contributed by atoms with E-state index in [-0.39, 0.29) is 37.6 Å². The minimum atomic E-state index is -4.41. The Labute approximate surface area is 205 Å².